The van der Waals surface area contributed by atoms with E-state index in [9.17, 15) is 61.5 Å². The van der Waals surface area contributed by atoms with E-state index in [-0.39, 0.29) is 31.9 Å². The largest absolute Gasteiger partial charge is 0.391 e. The van der Waals surface area contributed by atoms with Crippen LogP contribution in [0.5, 0.6) is 0 Å². The van der Waals surface area contributed by atoms with Crippen molar-refractivity contribution in [2.45, 2.75) is 315 Å². The van der Waals surface area contributed by atoms with Crippen LogP contribution < -0.4 is 0 Å². The van der Waals surface area contributed by atoms with Gasteiger partial charge in [-0.1, -0.05) is 245 Å². The Kier molecular flexibility index (Phi) is 76.5. The first-order valence-electron chi connectivity index (χ1n) is 28.2. The molecule has 0 heterocycles. The summed E-state index contributed by atoms with van der Waals surface area (Å²) in [5.41, 5.74) is 0.542. The van der Waals surface area contributed by atoms with Gasteiger partial charge in [-0.25, -0.2) is 17.6 Å². The highest BCUT2D eigenvalue weighted by molar-refractivity contribution is 4.61. The summed E-state index contributed by atoms with van der Waals surface area (Å²) in [4.78, 5) is 0. The van der Waals surface area contributed by atoms with E-state index >= 15 is 0 Å². The molecule has 5 atom stereocenters. The second-order valence-electron chi connectivity index (χ2n) is 21.3. The maximum Gasteiger partial charge on any atom is 0.391 e. The molecule has 0 aliphatic heterocycles. The van der Waals surface area contributed by atoms with Gasteiger partial charge in [0.05, 0.1) is 24.4 Å². The van der Waals surface area contributed by atoms with Gasteiger partial charge in [0.1, 0.15) is 0 Å². The van der Waals surface area contributed by atoms with Crippen molar-refractivity contribution in [1.82, 2.24) is 0 Å². The number of rotatable bonds is 15. The topological polar surface area (TPSA) is 0 Å². The molecule has 0 aromatic heterocycles. The molecule has 0 aliphatic carbocycles. The zero-order chi connectivity index (χ0) is 62.7. The predicted molar refractivity (Wildman–Crippen MR) is 292 cm³/mol. The van der Waals surface area contributed by atoms with Crippen LogP contribution in [0.2, 0.25) is 0 Å². The van der Waals surface area contributed by atoms with Gasteiger partial charge < -0.3 is 0 Å². The zero-order valence-electron chi connectivity index (χ0n) is 54.0. The molecule has 0 fully saturated rings. The summed E-state index contributed by atoms with van der Waals surface area (Å²) in [5.74, 6) is -3.25. The van der Waals surface area contributed by atoms with Crippen LogP contribution in [0.15, 0.2) is 0 Å². The van der Waals surface area contributed by atoms with E-state index in [4.69, 9.17) is 2.74 Å². The molecule has 0 aromatic rings. The van der Waals surface area contributed by atoms with Crippen LogP contribution >= 0.6 is 0 Å². The van der Waals surface area contributed by atoms with E-state index in [0.717, 1.165) is 50.9 Å². The quantitative estimate of drug-likeness (QED) is 0.143. The zero-order valence-corrected chi connectivity index (χ0v) is 52.0. The summed E-state index contributed by atoms with van der Waals surface area (Å²) in [6.45, 7) is 52.7. The molecule has 72 heavy (non-hydrogen) atoms. The summed E-state index contributed by atoms with van der Waals surface area (Å²) < 4.78 is 176. The van der Waals surface area contributed by atoms with E-state index in [1.165, 1.54) is 59.3 Å². The third kappa shape index (κ3) is 128. The molecular formula is C58H124F14. The molecule has 0 aromatic carbocycles. The first-order chi connectivity index (χ1) is 32.8. The molecule has 0 bridgehead atoms. The van der Waals surface area contributed by atoms with Crippen molar-refractivity contribution in [3.63, 3.8) is 0 Å². The Morgan fingerprint density at radius 2 is 0.681 bits per heavy atom. The summed E-state index contributed by atoms with van der Waals surface area (Å²) in [7, 11) is 0. The van der Waals surface area contributed by atoms with E-state index in [1.807, 2.05) is 13.8 Å². The van der Waals surface area contributed by atoms with E-state index in [1.54, 1.807) is 27.7 Å². The van der Waals surface area contributed by atoms with Crippen LogP contribution in [0.1, 0.15) is 286 Å². The lowest BCUT2D eigenvalue weighted by molar-refractivity contribution is -0.171. The van der Waals surface area contributed by atoms with Crippen LogP contribution in [0.4, 0.5) is 61.5 Å². The normalized spacial score (nSPS) is 13.8. The summed E-state index contributed by atoms with van der Waals surface area (Å²) in [6, 6.07) is 0. The van der Waals surface area contributed by atoms with Gasteiger partial charge in [-0.2, -0.15) is 39.5 Å². The molecular weight excluding hydrogens is 963 g/mol. The number of hydrogen-bond donors (Lipinski definition) is 0. The molecule has 0 radical (unpaired) electrons. The predicted octanol–water partition coefficient (Wildman–Crippen LogP) is 26.0. The average Bonchev–Trinajstić information content (AvgIpc) is 3.25. The Morgan fingerprint density at radius 1 is 0.389 bits per heavy atom. The minimum atomic E-state index is -4.43. The van der Waals surface area contributed by atoms with Crippen molar-refractivity contribution in [1.29, 1.82) is 0 Å². The second-order valence-corrected chi connectivity index (χ2v) is 21.3. The lowest BCUT2D eigenvalue weighted by Crippen LogP contribution is -2.19. The van der Waals surface area contributed by atoms with Gasteiger partial charge in [-0.05, 0) is 67.6 Å². The van der Waals surface area contributed by atoms with Gasteiger partial charge in [0.25, 0.3) is 0 Å². The standard InChI is InChI=1S/C6H11F3.2C6H14.2C5H9F3.2C5H10F2.C5H11F.3C5H12/c1-3-4-5(2)6(7,8)9;1-5-6(2,3)4;1-4-5-6(2)3;2*1-3-4(2)5(6,7)8;1-3-4-5(2,6)7;1-3-4(2)5(6)7;1-3-5(2)4-6;3*1-4-5(2)3/h5H,3-4H2,1-2H3;5H2,1-4H3;6H,4-5H2,1-3H3;2*4H,3H2,1-2H3;3-4H2,1-2H3;4-5H,3H2,1-2H3;5H,3-4H2,1-2H3;3*5H,4H2,1-3H3/i;;;3D2;;;;;;;. The van der Waals surface area contributed by atoms with Crippen LogP contribution in [0.25, 0.3) is 0 Å². The SMILES string of the molecule is CCC(C)(C)C.CCC(C)C.CCC(C)C.CCC(C)C.CCC(C)C(F)(F)F.CCC(C)C(F)F.CCC(C)CF.CCCC(C)(F)F.CCCC(C)C.CCCC(C)C(F)(F)F.[2H]C([2H])(C)C(C)C(F)(F)F. The van der Waals surface area contributed by atoms with Crippen LogP contribution in [0, 0.1) is 58.7 Å². The minimum Gasteiger partial charge on any atom is -0.251 e. The molecule has 0 N–H and O–H groups in total. The third-order valence-electron chi connectivity index (χ3n) is 10.5. The van der Waals surface area contributed by atoms with Crippen molar-refractivity contribution >= 4 is 0 Å². The Labute approximate surface area is 443 Å². The summed E-state index contributed by atoms with van der Waals surface area (Å²) in [6.07, 6.45) is -5.74. The highest BCUT2D eigenvalue weighted by Crippen LogP contribution is 2.29. The van der Waals surface area contributed by atoms with Crippen molar-refractivity contribution in [3.8, 4) is 0 Å². The molecule has 0 rings (SSSR count). The Morgan fingerprint density at radius 3 is 0.694 bits per heavy atom. The first kappa shape index (κ1) is 90.5. The summed E-state index contributed by atoms with van der Waals surface area (Å²) in [5, 5.41) is 0. The molecule has 0 saturated heterocycles. The van der Waals surface area contributed by atoms with Crippen molar-refractivity contribution < 1.29 is 64.2 Å². The minimum absolute atomic E-state index is 0.00694. The fourth-order valence-corrected chi connectivity index (χ4v) is 2.30. The maximum absolute atomic E-state index is 11.7. The molecule has 14 heteroatoms. The average molecular weight is 1090 g/mol. The third-order valence-corrected chi connectivity index (χ3v) is 10.5. The van der Waals surface area contributed by atoms with E-state index in [0.29, 0.717) is 24.7 Å². The van der Waals surface area contributed by atoms with E-state index in [2.05, 4.69) is 111 Å². The van der Waals surface area contributed by atoms with Gasteiger partial charge >= 0.3 is 18.5 Å². The number of hydrogen-bond acceptors (Lipinski definition) is 0. The fraction of sp³-hybridized carbons (Fsp3) is 1.00. The van der Waals surface area contributed by atoms with Gasteiger partial charge in [-0.3, -0.25) is 4.39 Å². The molecule has 0 saturated carbocycles. The van der Waals surface area contributed by atoms with Crippen molar-refractivity contribution in [3.05, 3.63) is 0 Å². The first-order valence-corrected chi connectivity index (χ1v) is 27.2. The summed E-state index contributed by atoms with van der Waals surface area (Å²) >= 11 is 0. The fourth-order valence-electron chi connectivity index (χ4n) is 2.30. The molecule has 0 spiro atoms. The molecule has 0 amide bonds. The molecule has 0 aliphatic rings. The van der Waals surface area contributed by atoms with E-state index < -0.39 is 60.9 Å². The highest BCUT2D eigenvalue weighted by atomic mass is 19.4. The van der Waals surface area contributed by atoms with Crippen LogP contribution in [-0.2, 0) is 0 Å². The van der Waals surface area contributed by atoms with Gasteiger partial charge in [0.15, 0.2) is 0 Å². The van der Waals surface area contributed by atoms with Crippen LogP contribution in [0.3, 0.4) is 0 Å². The van der Waals surface area contributed by atoms with Crippen molar-refractivity contribution in [2.24, 2.45) is 58.7 Å². The van der Waals surface area contributed by atoms with Gasteiger partial charge in [0, 0.05) is 15.1 Å². The van der Waals surface area contributed by atoms with Gasteiger partial charge in [-0.15, -0.1) is 0 Å². The Bertz CT molecular complexity index is 972. The second kappa shape index (κ2) is 60.9. The molecule has 454 valence electrons. The molecule has 5 unspecified atom stereocenters. The highest BCUT2D eigenvalue weighted by Gasteiger charge is 2.35. The number of alkyl halides is 14. The van der Waals surface area contributed by atoms with Gasteiger partial charge in [0.2, 0.25) is 12.3 Å². The lowest BCUT2D eigenvalue weighted by Gasteiger charge is -2.13. The Hall–Kier alpha value is -0.980. The smallest absolute Gasteiger partial charge is 0.251 e. The lowest BCUT2D eigenvalue weighted by atomic mass is 9.94. The monoisotopic (exact) mass is 1090 g/mol. The number of halogens is 14. The van der Waals surface area contributed by atoms with Crippen LogP contribution in [-0.4, -0.2) is 37.6 Å². The van der Waals surface area contributed by atoms with Crippen molar-refractivity contribution in [2.75, 3.05) is 6.67 Å². The maximum atomic E-state index is 11.7. The Balaban J connectivity index is -0.0000000660. The molecule has 0 nitrogen and oxygen atoms in total.